The molecule has 25 heavy (non-hydrogen) atoms. The minimum Gasteiger partial charge on any atom is -0.352 e. The van der Waals surface area contributed by atoms with Crippen LogP contribution in [0, 0.1) is 5.41 Å². The molecule has 138 valence electrons. The summed E-state index contributed by atoms with van der Waals surface area (Å²) in [6, 6.07) is 5.36. The van der Waals surface area contributed by atoms with Gasteiger partial charge in [0.05, 0.1) is 0 Å². The molecule has 0 saturated carbocycles. The van der Waals surface area contributed by atoms with E-state index in [-0.39, 0.29) is 11.8 Å². The second-order valence-electron chi connectivity index (χ2n) is 6.61. The van der Waals surface area contributed by atoms with Crippen LogP contribution in [0.4, 0.5) is 16.2 Å². The van der Waals surface area contributed by atoms with Crippen molar-refractivity contribution in [2.24, 2.45) is 11.1 Å². The number of amides is 4. The number of carbonyl (C=O) groups is 3. The van der Waals surface area contributed by atoms with Gasteiger partial charge < -0.3 is 21.7 Å². The first-order valence-corrected chi connectivity index (χ1v) is 9.30. The Morgan fingerprint density at radius 1 is 1.08 bits per heavy atom. The molecule has 1 atom stereocenters. The number of nitrogens with one attached hydrogen (secondary N) is 3. The summed E-state index contributed by atoms with van der Waals surface area (Å²) in [6.45, 7) is 5.49. The van der Waals surface area contributed by atoms with Crippen LogP contribution in [-0.4, -0.2) is 35.9 Å². The summed E-state index contributed by atoms with van der Waals surface area (Å²) < 4.78 is 0. The van der Waals surface area contributed by atoms with Crippen LogP contribution in [0.3, 0.4) is 0 Å². The average molecular weight is 366 g/mol. The number of hydrogen-bond acceptors (Lipinski definition) is 4. The van der Waals surface area contributed by atoms with Crippen LogP contribution >= 0.6 is 11.8 Å². The number of carbonyl (C=O) groups excluding carboxylic acids is 3. The van der Waals surface area contributed by atoms with Gasteiger partial charge in [-0.25, -0.2) is 4.79 Å². The molecular weight excluding hydrogens is 340 g/mol. The molecule has 0 aliphatic rings. The van der Waals surface area contributed by atoms with E-state index in [0.29, 0.717) is 17.8 Å². The molecule has 1 aromatic carbocycles. The molecule has 0 spiro atoms. The van der Waals surface area contributed by atoms with Gasteiger partial charge in [0, 0.05) is 16.8 Å². The molecule has 8 heteroatoms. The molecule has 0 aliphatic carbocycles. The first kappa shape index (κ1) is 20.8. The van der Waals surface area contributed by atoms with Crippen LogP contribution in [0.2, 0.25) is 0 Å². The minimum atomic E-state index is -0.735. The molecule has 0 radical (unpaired) electrons. The standard InChI is InChI=1S/C17H26N4O3S/c1-17(2,3)15(23)20-12-7-5-11(6-8-12)19-14(22)13(9-10-25-4)21-16(18)24/h5-8,13H,9-10H2,1-4H3,(H,19,22)(H,20,23)(H3,18,21,24)/t13-/m0/s1. The van der Waals surface area contributed by atoms with E-state index in [1.54, 1.807) is 36.0 Å². The molecule has 1 rings (SSSR count). The van der Waals surface area contributed by atoms with Gasteiger partial charge in [0.15, 0.2) is 0 Å². The minimum absolute atomic E-state index is 0.0907. The van der Waals surface area contributed by atoms with E-state index in [4.69, 9.17) is 5.73 Å². The molecule has 0 aromatic heterocycles. The quantitative estimate of drug-likeness (QED) is 0.593. The third-order valence-electron chi connectivity index (χ3n) is 3.34. The molecule has 0 saturated heterocycles. The van der Waals surface area contributed by atoms with Crippen molar-refractivity contribution >= 4 is 41.0 Å². The molecule has 1 aromatic rings. The third-order valence-corrected chi connectivity index (χ3v) is 3.98. The number of primary amides is 1. The fourth-order valence-electron chi connectivity index (χ4n) is 1.86. The molecule has 0 heterocycles. The highest BCUT2D eigenvalue weighted by atomic mass is 32.2. The van der Waals surface area contributed by atoms with E-state index in [1.807, 2.05) is 27.0 Å². The Hall–Kier alpha value is -2.22. The van der Waals surface area contributed by atoms with E-state index in [0.717, 1.165) is 5.75 Å². The van der Waals surface area contributed by atoms with Crippen molar-refractivity contribution in [3.8, 4) is 0 Å². The highest BCUT2D eigenvalue weighted by Gasteiger charge is 2.21. The van der Waals surface area contributed by atoms with Crippen molar-refractivity contribution in [3.63, 3.8) is 0 Å². The second-order valence-corrected chi connectivity index (χ2v) is 7.60. The maximum atomic E-state index is 12.3. The summed E-state index contributed by atoms with van der Waals surface area (Å²) in [6.07, 6.45) is 2.40. The van der Waals surface area contributed by atoms with Crippen molar-refractivity contribution in [1.82, 2.24) is 5.32 Å². The maximum absolute atomic E-state index is 12.3. The fourth-order valence-corrected chi connectivity index (χ4v) is 2.33. The Balaban J connectivity index is 2.70. The second kappa shape index (κ2) is 9.31. The van der Waals surface area contributed by atoms with Gasteiger partial charge in [0.1, 0.15) is 6.04 Å². The van der Waals surface area contributed by atoms with Crippen LogP contribution in [-0.2, 0) is 9.59 Å². The zero-order chi connectivity index (χ0) is 19.0. The van der Waals surface area contributed by atoms with Crippen molar-refractivity contribution in [1.29, 1.82) is 0 Å². The van der Waals surface area contributed by atoms with Gasteiger partial charge in [-0.05, 0) is 42.7 Å². The topological polar surface area (TPSA) is 113 Å². The summed E-state index contributed by atoms with van der Waals surface area (Å²) in [4.78, 5) is 35.3. The van der Waals surface area contributed by atoms with E-state index < -0.39 is 17.5 Å². The number of thioether (sulfide) groups is 1. The highest BCUT2D eigenvalue weighted by molar-refractivity contribution is 7.98. The predicted octanol–water partition coefficient (Wildman–Crippen LogP) is 2.40. The Morgan fingerprint density at radius 3 is 2.04 bits per heavy atom. The van der Waals surface area contributed by atoms with E-state index in [2.05, 4.69) is 16.0 Å². The monoisotopic (exact) mass is 366 g/mol. The largest absolute Gasteiger partial charge is 0.352 e. The number of rotatable bonds is 7. The summed E-state index contributed by atoms with van der Waals surface area (Å²) in [5.74, 6) is 0.294. The zero-order valence-electron chi connectivity index (χ0n) is 15.0. The van der Waals surface area contributed by atoms with E-state index >= 15 is 0 Å². The van der Waals surface area contributed by atoms with Crippen LogP contribution in [0.15, 0.2) is 24.3 Å². The fraction of sp³-hybridized carbons (Fsp3) is 0.471. The molecule has 0 fully saturated rings. The molecule has 5 N–H and O–H groups in total. The Labute approximate surface area is 152 Å². The first-order valence-electron chi connectivity index (χ1n) is 7.90. The van der Waals surface area contributed by atoms with Crippen molar-refractivity contribution in [2.75, 3.05) is 22.6 Å². The van der Waals surface area contributed by atoms with Gasteiger partial charge >= 0.3 is 6.03 Å². The maximum Gasteiger partial charge on any atom is 0.312 e. The van der Waals surface area contributed by atoms with Crippen LogP contribution in [0.5, 0.6) is 0 Å². The number of anilines is 2. The Kier molecular flexibility index (Phi) is 7.76. The molecule has 0 unspecified atom stereocenters. The lowest BCUT2D eigenvalue weighted by atomic mass is 9.95. The molecule has 0 bridgehead atoms. The van der Waals surface area contributed by atoms with Gasteiger partial charge in [-0.2, -0.15) is 11.8 Å². The van der Waals surface area contributed by atoms with Crippen LogP contribution in [0.25, 0.3) is 0 Å². The van der Waals surface area contributed by atoms with Crippen LogP contribution < -0.4 is 21.7 Å². The molecule has 4 amide bonds. The molecule has 7 nitrogen and oxygen atoms in total. The van der Waals surface area contributed by atoms with Crippen molar-refractivity contribution in [3.05, 3.63) is 24.3 Å². The van der Waals surface area contributed by atoms with Gasteiger partial charge in [-0.3, -0.25) is 9.59 Å². The summed E-state index contributed by atoms with van der Waals surface area (Å²) in [7, 11) is 0. The van der Waals surface area contributed by atoms with Crippen LogP contribution in [0.1, 0.15) is 27.2 Å². The molecule has 0 aliphatic heterocycles. The third kappa shape index (κ3) is 7.47. The Morgan fingerprint density at radius 2 is 1.60 bits per heavy atom. The Bertz CT molecular complexity index is 611. The lowest BCUT2D eigenvalue weighted by Gasteiger charge is -2.18. The number of hydrogen-bond donors (Lipinski definition) is 4. The van der Waals surface area contributed by atoms with Gasteiger partial charge in [-0.15, -0.1) is 0 Å². The lowest BCUT2D eigenvalue weighted by molar-refractivity contribution is -0.123. The van der Waals surface area contributed by atoms with Gasteiger partial charge in [-0.1, -0.05) is 20.8 Å². The summed E-state index contributed by atoms with van der Waals surface area (Å²) in [5.41, 5.74) is 5.85. The zero-order valence-corrected chi connectivity index (χ0v) is 15.8. The van der Waals surface area contributed by atoms with E-state index in [1.165, 1.54) is 0 Å². The van der Waals surface area contributed by atoms with Gasteiger partial charge in [0.2, 0.25) is 11.8 Å². The number of nitrogens with two attached hydrogens (primary N) is 1. The number of urea groups is 1. The van der Waals surface area contributed by atoms with Crippen molar-refractivity contribution in [2.45, 2.75) is 33.2 Å². The first-order chi connectivity index (χ1) is 11.6. The lowest BCUT2D eigenvalue weighted by Crippen LogP contribution is -2.46. The summed E-state index contributed by atoms with van der Waals surface area (Å²) in [5, 5.41) is 7.99. The van der Waals surface area contributed by atoms with Gasteiger partial charge in [0.25, 0.3) is 0 Å². The predicted molar refractivity (Wildman–Crippen MR) is 103 cm³/mol. The van der Waals surface area contributed by atoms with Crippen molar-refractivity contribution < 1.29 is 14.4 Å². The van der Waals surface area contributed by atoms with E-state index in [9.17, 15) is 14.4 Å². The normalized spacial score (nSPS) is 12.2. The smallest absolute Gasteiger partial charge is 0.312 e. The summed E-state index contributed by atoms with van der Waals surface area (Å²) >= 11 is 1.58. The number of benzene rings is 1. The SMILES string of the molecule is CSCC[C@H](NC(N)=O)C(=O)Nc1ccc(NC(=O)C(C)(C)C)cc1. The highest BCUT2D eigenvalue weighted by Crippen LogP contribution is 2.19. The molecular formula is C17H26N4O3S. The average Bonchev–Trinajstić information content (AvgIpc) is 2.51.